The molecule has 0 bridgehead atoms. The van der Waals surface area contributed by atoms with Gasteiger partial charge in [0.05, 0.1) is 37.5 Å². The molecule has 0 saturated heterocycles. The van der Waals surface area contributed by atoms with Crippen molar-refractivity contribution >= 4 is 12.0 Å². The van der Waals surface area contributed by atoms with Crippen molar-refractivity contribution < 1.29 is 13.6 Å². The fraction of sp³-hybridized carbons (Fsp3) is 0.0833. The highest BCUT2D eigenvalue weighted by molar-refractivity contribution is 7.94. The van der Waals surface area contributed by atoms with Crippen LogP contribution in [0.15, 0.2) is 94.7 Å². The van der Waals surface area contributed by atoms with Crippen LogP contribution >= 0.6 is 12.0 Å². The van der Waals surface area contributed by atoms with Crippen LogP contribution in [-0.4, -0.2) is 16.9 Å². The van der Waals surface area contributed by atoms with Gasteiger partial charge in [0.2, 0.25) is 0 Å². The second-order valence-corrected chi connectivity index (χ2v) is 7.51. The molecule has 7 heteroatoms. The molecule has 0 atom stereocenters. The first-order valence-electron chi connectivity index (χ1n) is 9.53. The summed E-state index contributed by atoms with van der Waals surface area (Å²) < 4.78 is 19.8. The molecule has 31 heavy (non-hydrogen) atoms. The molecule has 4 aromatic rings. The van der Waals surface area contributed by atoms with Gasteiger partial charge < -0.3 is 0 Å². The summed E-state index contributed by atoms with van der Waals surface area (Å²) in [6.45, 7) is 0.345. The monoisotopic (exact) mass is 434 g/mol. The third kappa shape index (κ3) is 4.91. The van der Waals surface area contributed by atoms with E-state index in [0.717, 1.165) is 28.1 Å². The molecular formula is C24H19FN2O3S. The zero-order valence-electron chi connectivity index (χ0n) is 16.7. The molecule has 0 saturated carbocycles. The number of hydrogen-bond acceptors (Lipinski definition) is 5. The Labute approximate surface area is 183 Å². The van der Waals surface area contributed by atoms with Crippen molar-refractivity contribution in [1.29, 1.82) is 0 Å². The molecule has 0 spiro atoms. The molecule has 156 valence electrons. The van der Waals surface area contributed by atoms with Gasteiger partial charge in [-0.2, -0.15) is 9.43 Å². The van der Waals surface area contributed by atoms with Gasteiger partial charge in [0.25, 0.3) is 5.56 Å². The predicted molar refractivity (Wildman–Crippen MR) is 119 cm³/mol. The third-order valence-corrected chi connectivity index (χ3v) is 5.38. The van der Waals surface area contributed by atoms with Crippen molar-refractivity contribution in [3.05, 3.63) is 107 Å². The van der Waals surface area contributed by atoms with Crippen LogP contribution in [0.25, 0.3) is 22.3 Å². The van der Waals surface area contributed by atoms with Crippen molar-refractivity contribution in [2.45, 2.75) is 11.4 Å². The van der Waals surface area contributed by atoms with E-state index in [1.165, 1.54) is 23.9 Å². The van der Waals surface area contributed by atoms with Gasteiger partial charge in [0.15, 0.2) is 0 Å². The molecule has 0 amide bonds. The summed E-state index contributed by atoms with van der Waals surface area (Å²) in [5, 5.41) is 4.41. The lowest BCUT2D eigenvalue weighted by Gasteiger charge is -2.13. The number of aromatic nitrogens is 2. The number of rotatable bonds is 7. The van der Waals surface area contributed by atoms with E-state index >= 15 is 0 Å². The van der Waals surface area contributed by atoms with Gasteiger partial charge in [-0.1, -0.05) is 54.6 Å². The van der Waals surface area contributed by atoms with Gasteiger partial charge >= 0.3 is 0 Å². The minimum absolute atomic E-state index is 0.242. The maximum absolute atomic E-state index is 13.5. The minimum Gasteiger partial charge on any atom is -0.267 e. The highest BCUT2D eigenvalue weighted by Crippen LogP contribution is 2.30. The van der Waals surface area contributed by atoms with Gasteiger partial charge in [-0.15, -0.1) is 0 Å². The normalized spacial score (nSPS) is 10.9. The Morgan fingerprint density at radius 1 is 0.935 bits per heavy atom. The van der Waals surface area contributed by atoms with Crippen LogP contribution in [0.2, 0.25) is 0 Å². The fourth-order valence-corrected chi connectivity index (χ4v) is 3.63. The second-order valence-electron chi connectivity index (χ2n) is 6.73. The quantitative estimate of drug-likeness (QED) is 0.223. The molecule has 0 aliphatic rings. The topological polar surface area (TPSA) is 53.4 Å². The molecule has 0 aliphatic carbocycles. The Morgan fingerprint density at radius 3 is 2.29 bits per heavy atom. The fourth-order valence-electron chi connectivity index (χ4n) is 3.24. The van der Waals surface area contributed by atoms with Crippen LogP contribution < -0.4 is 5.56 Å². The third-order valence-electron chi connectivity index (χ3n) is 4.72. The first-order valence-corrected chi connectivity index (χ1v) is 10.3. The Balaban J connectivity index is 1.80. The molecule has 3 aromatic carbocycles. The van der Waals surface area contributed by atoms with Gasteiger partial charge in [0.1, 0.15) is 5.82 Å². The number of benzene rings is 3. The standard InChI is InChI=1S/C24H19FN2O3S/c1-29-30-31-21-13-9-18(10-14-21)22-15-26-27(16-17-5-3-2-4-6-17)24(28)23(22)19-7-11-20(25)12-8-19/h2-15H,16H2,1H3. The lowest BCUT2D eigenvalue weighted by atomic mass is 9.97. The molecule has 4 rings (SSSR count). The van der Waals surface area contributed by atoms with Crippen molar-refractivity contribution in [1.82, 2.24) is 9.78 Å². The lowest BCUT2D eigenvalue weighted by molar-refractivity contribution is -0.160. The van der Waals surface area contributed by atoms with Crippen LogP contribution in [0, 0.1) is 5.82 Å². The van der Waals surface area contributed by atoms with Gasteiger partial charge in [0, 0.05) is 10.5 Å². The number of halogens is 1. The molecule has 0 fully saturated rings. The zero-order valence-corrected chi connectivity index (χ0v) is 17.5. The number of nitrogens with zero attached hydrogens (tertiary/aromatic N) is 2. The Morgan fingerprint density at radius 2 is 1.61 bits per heavy atom. The molecule has 5 nitrogen and oxygen atoms in total. The Bertz CT molecular complexity index is 1210. The molecule has 0 N–H and O–H groups in total. The highest BCUT2D eigenvalue weighted by Gasteiger charge is 2.16. The van der Waals surface area contributed by atoms with Crippen LogP contribution in [0.1, 0.15) is 5.56 Å². The first kappa shape index (κ1) is 21.0. The zero-order chi connectivity index (χ0) is 21.6. The van der Waals surface area contributed by atoms with Crippen molar-refractivity contribution in [3.63, 3.8) is 0 Å². The molecule has 1 aromatic heterocycles. The summed E-state index contributed by atoms with van der Waals surface area (Å²) in [5.74, 6) is -0.358. The van der Waals surface area contributed by atoms with Crippen molar-refractivity contribution in [2.24, 2.45) is 0 Å². The van der Waals surface area contributed by atoms with E-state index < -0.39 is 0 Å². The van der Waals surface area contributed by atoms with E-state index in [-0.39, 0.29) is 11.4 Å². The largest absolute Gasteiger partial charge is 0.275 e. The van der Waals surface area contributed by atoms with Crippen molar-refractivity contribution in [2.75, 3.05) is 7.11 Å². The van der Waals surface area contributed by atoms with Crippen molar-refractivity contribution in [3.8, 4) is 22.3 Å². The van der Waals surface area contributed by atoms with E-state index in [0.29, 0.717) is 23.2 Å². The van der Waals surface area contributed by atoms with E-state index in [1.807, 2.05) is 54.6 Å². The summed E-state index contributed by atoms with van der Waals surface area (Å²) in [5.41, 5.74) is 3.32. The van der Waals surface area contributed by atoms with E-state index in [9.17, 15) is 9.18 Å². The predicted octanol–water partition coefficient (Wildman–Crippen LogP) is 5.35. The molecule has 0 radical (unpaired) electrons. The van der Waals surface area contributed by atoms with E-state index in [2.05, 4.69) is 9.99 Å². The van der Waals surface area contributed by atoms with Crippen LogP contribution in [0.5, 0.6) is 0 Å². The first-order chi connectivity index (χ1) is 15.2. The summed E-state index contributed by atoms with van der Waals surface area (Å²) in [6, 6.07) is 23.1. The van der Waals surface area contributed by atoms with E-state index in [1.54, 1.807) is 18.3 Å². The molecule has 0 aliphatic heterocycles. The SMILES string of the molecule is COOSc1ccc(-c2cnn(Cc3ccccc3)c(=O)c2-c2ccc(F)cc2)cc1. The Kier molecular flexibility index (Phi) is 6.57. The summed E-state index contributed by atoms with van der Waals surface area (Å²) >= 11 is 1.09. The van der Waals surface area contributed by atoms with Gasteiger partial charge in [-0.25, -0.2) is 14.0 Å². The average Bonchev–Trinajstić information content (AvgIpc) is 2.81. The van der Waals surface area contributed by atoms with Gasteiger partial charge in [-0.05, 0) is 41.0 Å². The number of hydrogen-bond donors (Lipinski definition) is 0. The van der Waals surface area contributed by atoms with Gasteiger partial charge in [-0.3, -0.25) is 4.79 Å². The smallest absolute Gasteiger partial charge is 0.267 e. The van der Waals surface area contributed by atoms with Crippen LogP contribution in [0.4, 0.5) is 4.39 Å². The lowest BCUT2D eigenvalue weighted by Crippen LogP contribution is -2.25. The summed E-state index contributed by atoms with van der Waals surface area (Å²) in [6.07, 6.45) is 1.68. The minimum atomic E-state index is -0.358. The highest BCUT2D eigenvalue weighted by atomic mass is 32.2. The summed E-state index contributed by atoms with van der Waals surface area (Å²) in [4.78, 5) is 18.9. The van der Waals surface area contributed by atoms with Crippen LogP contribution in [0.3, 0.4) is 0 Å². The molecule has 0 unspecified atom stereocenters. The molecular weight excluding hydrogens is 415 g/mol. The second kappa shape index (κ2) is 9.70. The maximum atomic E-state index is 13.5. The van der Waals surface area contributed by atoms with E-state index in [4.69, 9.17) is 4.33 Å². The molecule has 1 heterocycles. The Hall–Kier alpha value is -3.26. The maximum Gasteiger partial charge on any atom is 0.275 e. The summed E-state index contributed by atoms with van der Waals surface area (Å²) in [7, 11) is 1.44. The van der Waals surface area contributed by atoms with Crippen LogP contribution in [-0.2, 0) is 15.8 Å². The average molecular weight is 434 g/mol.